The number of hydrogen-bond donors (Lipinski definition) is 3. The summed E-state index contributed by atoms with van der Waals surface area (Å²) >= 11 is 1.64. The minimum Gasteiger partial charge on any atom is -0.387 e. The fourth-order valence-corrected chi connectivity index (χ4v) is 3.22. The standard InChI is InChI=1S/C19H28N4OS/c1-5-20-19(22-11-18-23-16(12-25-18)13(2)3)21-10-17(24)15-8-6-7-14(4)9-15/h6-9,12-13,17,24H,5,10-11H2,1-4H3,(H2,20,21,22). The third kappa shape index (κ3) is 6.14. The molecule has 0 fully saturated rings. The molecule has 1 heterocycles. The number of guanidine groups is 1. The highest BCUT2D eigenvalue weighted by Gasteiger charge is 2.09. The Labute approximate surface area is 154 Å². The van der Waals surface area contributed by atoms with Crippen molar-refractivity contribution in [1.29, 1.82) is 0 Å². The molecule has 5 nitrogen and oxygen atoms in total. The second-order valence-electron chi connectivity index (χ2n) is 6.33. The molecule has 1 unspecified atom stereocenters. The van der Waals surface area contributed by atoms with Crippen LogP contribution < -0.4 is 10.6 Å². The molecule has 0 aliphatic heterocycles. The average Bonchev–Trinajstić information content (AvgIpc) is 3.06. The maximum Gasteiger partial charge on any atom is 0.191 e. The van der Waals surface area contributed by atoms with Crippen LogP contribution in [0.2, 0.25) is 0 Å². The Morgan fingerprint density at radius 2 is 2.12 bits per heavy atom. The maximum absolute atomic E-state index is 10.4. The van der Waals surface area contributed by atoms with E-state index in [1.54, 1.807) is 11.3 Å². The summed E-state index contributed by atoms with van der Waals surface area (Å²) in [6, 6.07) is 7.92. The topological polar surface area (TPSA) is 69.5 Å². The maximum atomic E-state index is 10.4. The van der Waals surface area contributed by atoms with Gasteiger partial charge < -0.3 is 15.7 Å². The Hall–Kier alpha value is -1.92. The van der Waals surface area contributed by atoms with Gasteiger partial charge in [-0.2, -0.15) is 0 Å². The molecule has 136 valence electrons. The van der Waals surface area contributed by atoms with Crippen LogP contribution in [0.4, 0.5) is 0 Å². The fourth-order valence-electron chi connectivity index (χ4n) is 2.34. The van der Waals surface area contributed by atoms with E-state index in [-0.39, 0.29) is 0 Å². The van der Waals surface area contributed by atoms with E-state index in [9.17, 15) is 5.11 Å². The zero-order chi connectivity index (χ0) is 18.2. The highest BCUT2D eigenvalue weighted by Crippen LogP contribution is 2.18. The largest absolute Gasteiger partial charge is 0.387 e. The summed E-state index contributed by atoms with van der Waals surface area (Å²) in [5, 5.41) is 19.9. The molecule has 0 bridgehead atoms. The molecule has 1 aromatic heterocycles. The second kappa shape index (κ2) is 9.53. The summed E-state index contributed by atoms with van der Waals surface area (Å²) in [5.74, 6) is 1.13. The monoisotopic (exact) mass is 360 g/mol. The molecule has 0 aliphatic carbocycles. The van der Waals surface area contributed by atoms with Crippen molar-refractivity contribution in [2.75, 3.05) is 13.1 Å². The molecular weight excluding hydrogens is 332 g/mol. The Kier molecular flexibility index (Phi) is 7.40. The molecule has 0 amide bonds. The molecule has 0 spiro atoms. The van der Waals surface area contributed by atoms with Crippen molar-refractivity contribution in [2.24, 2.45) is 4.99 Å². The first-order valence-corrected chi connectivity index (χ1v) is 9.58. The number of rotatable bonds is 7. The first-order chi connectivity index (χ1) is 12.0. The number of hydrogen-bond acceptors (Lipinski definition) is 4. The van der Waals surface area contributed by atoms with Crippen molar-refractivity contribution >= 4 is 17.3 Å². The van der Waals surface area contributed by atoms with Gasteiger partial charge >= 0.3 is 0 Å². The van der Waals surface area contributed by atoms with Crippen LogP contribution in [-0.4, -0.2) is 29.1 Å². The lowest BCUT2D eigenvalue weighted by Crippen LogP contribution is -2.39. The SMILES string of the molecule is CCNC(=NCc1nc(C(C)C)cs1)NCC(O)c1cccc(C)c1. The normalized spacial score (nSPS) is 13.1. The first-order valence-electron chi connectivity index (χ1n) is 8.70. The van der Waals surface area contributed by atoms with Gasteiger partial charge in [0.2, 0.25) is 0 Å². The van der Waals surface area contributed by atoms with Crippen molar-refractivity contribution in [3.8, 4) is 0 Å². The predicted molar refractivity (Wildman–Crippen MR) is 105 cm³/mol. The van der Waals surface area contributed by atoms with Gasteiger partial charge in [0.15, 0.2) is 5.96 Å². The van der Waals surface area contributed by atoms with Gasteiger partial charge in [0, 0.05) is 18.5 Å². The summed E-state index contributed by atoms with van der Waals surface area (Å²) in [6.07, 6.45) is -0.573. The average molecular weight is 361 g/mol. The molecule has 1 atom stereocenters. The van der Waals surface area contributed by atoms with Gasteiger partial charge in [-0.25, -0.2) is 9.98 Å². The number of nitrogens with one attached hydrogen (secondary N) is 2. The Bertz CT molecular complexity index is 696. The van der Waals surface area contributed by atoms with Crippen LogP contribution in [0.5, 0.6) is 0 Å². The van der Waals surface area contributed by atoms with Crippen LogP contribution in [-0.2, 0) is 6.54 Å². The number of aromatic nitrogens is 1. The molecule has 6 heteroatoms. The summed E-state index contributed by atoms with van der Waals surface area (Å²) in [6.45, 7) is 10.0. The third-order valence-electron chi connectivity index (χ3n) is 3.77. The van der Waals surface area contributed by atoms with Crippen LogP contribution in [0, 0.1) is 6.92 Å². The number of benzene rings is 1. The molecule has 25 heavy (non-hydrogen) atoms. The van der Waals surface area contributed by atoms with Gasteiger partial charge in [0.05, 0.1) is 18.3 Å². The van der Waals surface area contributed by atoms with Crippen LogP contribution in [0.1, 0.15) is 54.6 Å². The summed E-state index contributed by atoms with van der Waals surface area (Å²) in [4.78, 5) is 9.17. The molecule has 0 saturated carbocycles. The number of thiazole rings is 1. The van der Waals surface area contributed by atoms with E-state index < -0.39 is 6.10 Å². The van der Waals surface area contributed by atoms with Crippen LogP contribution in [0.3, 0.4) is 0 Å². The zero-order valence-corrected chi connectivity index (χ0v) is 16.2. The molecule has 2 aromatic rings. The van der Waals surface area contributed by atoms with E-state index in [2.05, 4.69) is 39.8 Å². The molecule has 0 radical (unpaired) electrons. The first kappa shape index (κ1) is 19.4. The Morgan fingerprint density at radius 1 is 1.32 bits per heavy atom. The Balaban J connectivity index is 1.94. The van der Waals surface area contributed by atoms with Crippen molar-refractivity contribution < 1.29 is 5.11 Å². The molecular formula is C19H28N4OS. The lowest BCUT2D eigenvalue weighted by Gasteiger charge is -2.15. The van der Waals surface area contributed by atoms with Crippen LogP contribution in [0.15, 0.2) is 34.6 Å². The lowest BCUT2D eigenvalue weighted by molar-refractivity contribution is 0.181. The quantitative estimate of drug-likeness (QED) is 0.523. The third-order valence-corrected chi connectivity index (χ3v) is 4.62. The minimum absolute atomic E-state index is 0.407. The van der Waals surface area contributed by atoms with Gasteiger partial charge in [-0.1, -0.05) is 43.7 Å². The van der Waals surface area contributed by atoms with E-state index in [0.717, 1.165) is 28.4 Å². The van der Waals surface area contributed by atoms with Gasteiger partial charge in [-0.15, -0.1) is 11.3 Å². The minimum atomic E-state index is -0.573. The second-order valence-corrected chi connectivity index (χ2v) is 7.27. The van der Waals surface area contributed by atoms with E-state index in [1.807, 2.05) is 38.1 Å². The van der Waals surface area contributed by atoms with E-state index in [0.29, 0.717) is 25.0 Å². The Morgan fingerprint density at radius 3 is 2.76 bits per heavy atom. The number of aliphatic hydroxyl groups excluding tert-OH is 1. The fraction of sp³-hybridized carbons (Fsp3) is 0.474. The number of aryl methyl sites for hydroxylation is 1. The number of nitrogens with zero attached hydrogens (tertiary/aromatic N) is 2. The predicted octanol–water partition coefficient (Wildman–Crippen LogP) is 3.36. The highest BCUT2D eigenvalue weighted by molar-refractivity contribution is 7.09. The van der Waals surface area contributed by atoms with Gasteiger partial charge in [-0.3, -0.25) is 0 Å². The number of aliphatic imine (C=N–C) groups is 1. The van der Waals surface area contributed by atoms with E-state index >= 15 is 0 Å². The van der Waals surface area contributed by atoms with E-state index in [4.69, 9.17) is 0 Å². The number of aliphatic hydroxyl groups is 1. The zero-order valence-electron chi connectivity index (χ0n) is 15.4. The van der Waals surface area contributed by atoms with Gasteiger partial charge in [0.25, 0.3) is 0 Å². The van der Waals surface area contributed by atoms with Crippen LogP contribution >= 0.6 is 11.3 Å². The van der Waals surface area contributed by atoms with Crippen molar-refractivity contribution in [1.82, 2.24) is 15.6 Å². The molecule has 1 aromatic carbocycles. The van der Waals surface area contributed by atoms with Crippen molar-refractivity contribution in [3.05, 3.63) is 51.5 Å². The molecule has 2 rings (SSSR count). The van der Waals surface area contributed by atoms with Crippen LogP contribution in [0.25, 0.3) is 0 Å². The summed E-state index contributed by atoms with van der Waals surface area (Å²) in [5.41, 5.74) is 3.16. The van der Waals surface area contributed by atoms with Crippen molar-refractivity contribution in [3.63, 3.8) is 0 Å². The van der Waals surface area contributed by atoms with Gasteiger partial charge in [0.1, 0.15) is 5.01 Å². The van der Waals surface area contributed by atoms with Crippen molar-refractivity contribution in [2.45, 2.75) is 46.3 Å². The summed E-state index contributed by atoms with van der Waals surface area (Å²) in [7, 11) is 0. The smallest absolute Gasteiger partial charge is 0.191 e. The summed E-state index contributed by atoms with van der Waals surface area (Å²) < 4.78 is 0. The van der Waals surface area contributed by atoms with E-state index in [1.165, 1.54) is 0 Å². The molecule has 0 aliphatic rings. The highest BCUT2D eigenvalue weighted by atomic mass is 32.1. The molecule has 0 saturated heterocycles. The lowest BCUT2D eigenvalue weighted by atomic mass is 10.1. The molecule has 3 N–H and O–H groups in total. The van der Waals surface area contributed by atoms with Gasteiger partial charge in [-0.05, 0) is 25.3 Å².